The number of aromatic nitrogens is 1. The highest BCUT2D eigenvalue weighted by Crippen LogP contribution is 2.32. The minimum Gasteiger partial charge on any atom is -0.493 e. The molecule has 1 aromatic heterocycles. The van der Waals surface area contributed by atoms with Crippen LogP contribution in [0.2, 0.25) is 0 Å². The van der Waals surface area contributed by atoms with E-state index in [2.05, 4.69) is 17.2 Å². The minimum absolute atomic E-state index is 0.0103. The first-order valence-corrected chi connectivity index (χ1v) is 5.83. The molecule has 0 aliphatic heterocycles. The molecule has 0 aromatic carbocycles. The molecule has 4 N–H and O–H groups in total. The zero-order valence-corrected chi connectivity index (χ0v) is 9.66. The van der Waals surface area contributed by atoms with Gasteiger partial charge in [0.1, 0.15) is 0 Å². The Labute approximate surface area is 95.9 Å². The van der Waals surface area contributed by atoms with Crippen molar-refractivity contribution in [1.29, 1.82) is 0 Å². The van der Waals surface area contributed by atoms with Gasteiger partial charge in [-0.1, -0.05) is 19.3 Å². The van der Waals surface area contributed by atoms with Crippen molar-refractivity contribution < 1.29 is 5.11 Å². The van der Waals surface area contributed by atoms with Crippen molar-refractivity contribution in [1.82, 2.24) is 4.98 Å². The summed E-state index contributed by atoms with van der Waals surface area (Å²) >= 11 is 0. The third kappa shape index (κ3) is 2.38. The molecule has 1 aromatic rings. The maximum absolute atomic E-state index is 9.34. The van der Waals surface area contributed by atoms with E-state index in [9.17, 15) is 5.11 Å². The van der Waals surface area contributed by atoms with Crippen molar-refractivity contribution in [2.45, 2.75) is 44.6 Å². The van der Waals surface area contributed by atoms with Crippen LogP contribution in [-0.2, 0) is 0 Å². The van der Waals surface area contributed by atoms with Crippen molar-refractivity contribution >= 4 is 11.5 Å². The predicted octanol–water partition coefficient (Wildman–Crippen LogP) is 2.50. The van der Waals surface area contributed by atoms with Gasteiger partial charge in [0.25, 0.3) is 0 Å². The van der Waals surface area contributed by atoms with E-state index in [1.54, 1.807) is 6.07 Å². The second-order valence-corrected chi connectivity index (χ2v) is 4.85. The monoisotopic (exact) mass is 221 g/mol. The number of aromatic hydroxyl groups is 1. The molecule has 0 atom stereocenters. The van der Waals surface area contributed by atoms with Crippen LogP contribution in [0.15, 0.2) is 12.1 Å². The van der Waals surface area contributed by atoms with Crippen molar-refractivity contribution in [2.24, 2.45) is 0 Å². The Morgan fingerprint density at radius 1 is 1.31 bits per heavy atom. The van der Waals surface area contributed by atoms with Gasteiger partial charge in [-0.05, 0) is 25.8 Å². The molecule has 1 fully saturated rings. The van der Waals surface area contributed by atoms with Crippen LogP contribution in [0, 0.1) is 0 Å². The molecule has 1 aliphatic rings. The fourth-order valence-electron chi connectivity index (χ4n) is 2.30. The molecule has 0 unspecified atom stereocenters. The highest BCUT2D eigenvalue weighted by molar-refractivity contribution is 5.62. The average Bonchev–Trinajstić information content (AvgIpc) is 2.24. The zero-order valence-electron chi connectivity index (χ0n) is 9.66. The highest BCUT2D eigenvalue weighted by atomic mass is 16.3. The summed E-state index contributed by atoms with van der Waals surface area (Å²) in [6, 6.07) is 3.18. The number of nitrogen functional groups attached to an aromatic ring is 1. The first-order valence-electron chi connectivity index (χ1n) is 5.83. The quantitative estimate of drug-likeness (QED) is 0.717. The smallest absolute Gasteiger partial charge is 0.212 e. The highest BCUT2D eigenvalue weighted by Gasteiger charge is 2.27. The number of nitrogens with two attached hydrogens (primary N) is 1. The summed E-state index contributed by atoms with van der Waals surface area (Å²) in [4.78, 5) is 4.03. The molecule has 1 aliphatic carbocycles. The number of nitrogens with one attached hydrogen (secondary N) is 1. The van der Waals surface area contributed by atoms with Crippen LogP contribution >= 0.6 is 0 Å². The number of nitrogens with zero attached hydrogens (tertiary/aromatic N) is 1. The SMILES string of the molecule is CC1(Nc2nc(O)ccc2N)CCCCC1. The standard InChI is InChI=1S/C12H19N3O/c1-12(7-3-2-4-8-12)15-11-9(13)5-6-10(16)14-11/h5-6H,2-4,7-8,13H2,1H3,(H2,14,15,16). The number of hydrogen-bond acceptors (Lipinski definition) is 4. The van der Waals surface area contributed by atoms with Gasteiger partial charge in [-0.25, -0.2) is 0 Å². The topological polar surface area (TPSA) is 71.2 Å². The molecule has 0 bridgehead atoms. The van der Waals surface area contributed by atoms with Crippen LogP contribution in [0.25, 0.3) is 0 Å². The normalized spacial score (nSPS) is 19.3. The summed E-state index contributed by atoms with van der Waals surface area (Å²) in [5.74, 6) is 0.612. The maximum Gasteiger partial charge on any atom is 0.212 e. The third-order valence-corrected chi connectivity index (χ3v) is 3.29. The first kappa shape index (κ1) is 11.0. The maximum atomic E-state index is 9.34. The van der Waals surface area contributed by atoms with Crippen LogP contribution in [0.3, 0.4) is 0 Å². The van der Waals surface area contributed by atoms with E-state index in [0.717, 1.165) is 12.8 Å². The molecule has 1 heterocycles. The van der Waals surface area contributed by atoms with E-state index in [1.807, 2.05) is 0 Å². The summed E-state index contributed by atoms with van der Waals surface area (Å²) in [7, 11) is 0. The Morgan fingerprint density at radius 3 is 2.69 bits per heavy atom. The summed E-state index contributed by atoms with van der Waals surface area (Å²) in [5.41, 5.74) is 6.48. The van der Waals surface area contributed by atoms with Gasteiger partial charge in [-0.3, -0.25) is 0 Å². The summed E-state index contributed by atoms with van der Waals surface area (Å²) in [5, 5.41) is 12.7. The lowest BCUT2D eigenvalue weighted by molar-refractivity contribution is 0.348. The molecule has 4 heteroatoms. The lowest BCUT2D eigenvalue weighted by Gasteiger charge is -2.35. The molecule has 2 rings (SSSR count). The number of pyridine rings is 1. The molecule has 1 saturated carbocycles. The van der Waals surface area contributed by atoms with E-state index in [1.165, 1.54) is 25.3 Å². The lowest BCUT2D eigenvalue weighted by atomic mass is 9.83. The van der Waals surface area contributed by atoms with Gasteiger partial charge >= 0.3 is 0 Å². The number of anilines is 2. The van der Waals surface area contributed by atoms with Gasteiger partial charge in [0, 0.05) is 11.6 Å². The summed E-state index contributed by atoms with van der Waals surface area (Å²) < 4.78 is 0. The van der Waals surface area contributed by atoms with Gasteiger partial charge in [-0.2, -0.15) is 4.98 Å². The van der Waals surface area contributed by atoms with Crippen molar-refractivity contribution in [3.05, 3.63) is 12.1 Å². The molecule has 16 heavy (non-hydrogen) atoms. The van der Waals surface area contributed by atoms with Gasteiger partial charge in [0.05, 0.1) is 5.69 Å². The third-order valence-electron chi connectivity index (χ3n) is 3.29. The molecule has 0 saturated heterocycles. The second-order valence-electron chi connectivity index (χ2n) is 4.85. The van der Waals surface area contributed by atoms with E-state index in [0.29, 0.717) is 11.5 Å². The van der Waals surface area contributed by atoms with Crippen molar-refractivity contribution in [2.75, 3.05) is 11.1 Å². The number of hydrogen-bond donors (Lipinski definition) is 3. The van der Waals surface area contributed by atoms with Gasteiger partial charge in [-0.15, -0.1) is 0 Å². The van der Waals surface area contributed by atoms with Crippen LogP contribution in [0.4, 0.5) is 11.5 Å². The van der Waals surface area contributed by atoms with E-state index >= 15 is 0 Å². The predicted molar refractivity (Wildman–Crippen MR) is 65.4 cm³/mol. The Morgan fingerprint density at radius 2 is 2.00 bits per heavy atom. The Bertz CT molecular complexity index is 373. The Hall–Kier alpha value is -1.45. The van der Waals surface area contributed by atoms with E-state index < -0.39 is 0 Å². The fourth-order valence-corrected chi connectivity index (χ4v) is 2.30. The second kappa shape index (κ2) is 4.20. The van der Waals surface area contributed by atoms with Crippen LogP contribution < -0.4 is 11.1 Å². The summed E-state index contributed by atoms with van der Waals surface area (Å²) in [6.07, 6.45) is 6.04. The number of rotatable bonds is 2. The van der Waals surface area contributed by atoms with E-state index in [-0.39, 0.29) is 11.4 Å². The van der Waals surface area contributed by atoms with Crippen LogP contribution in [0.1, 0.15) is 39.0 Å². The molecular weight excluding hydrogens is 202 g/mol. The first-order chi connectivity index (χ1) is 7.59. The Kier molecular flexibility index (Phi) is 2.90. The average molecular weight is 221 g/mol. The van der Waals surface area contributed by atoms with Gasteiger partial charge in [0.2, 0.25) is 5.88 Å². The van der Waals surface area contributed by atoms with Crippen LogP contribution in [0.5, 0.6) is 5.88 Å². The van der Waals surface area contributed by atoms with Gasteiger partial charge in [0.15, 0.2) is 5.82 Å². The van der Waals surface area contributed by atoms with E-state index in [4.69, 9.17) is 5.73 Å². The Balaban J connectivity index is 2.15. The summed E-state index contributed by atoms with van der Waals surface area (Å²) in [6.45, 7) is 2.19. The van der Waals surface area contributed by atoms with Crippen LogP contribution in [-0.4, -0.2) is 15.6 Å². The molecule has 0 radical (unpaired) electrons. The lowest BCUT2D eigenvalue weighted by Crippen LogP contribution is -2.37. The van der Waals surface area contributed by atoms with Crippen molar-refractivity contribution in [3.8, 4) is 5.88 Å². The fraction of sp³-hybridized carbons (Fsp3) is 0.583. The molecule has 88 valence electrons. The van der Waals surface area contributed by atoms with Gasteiger partial charge < -0.3 is 16.2 Å². The minimum atomic E-state index is 0.0103. The van der Waals surface area contributed by atoms with Crippen molar-refractivity contribution in [3.63, 3.8) is 0 Å². The molecular formula is C12H19N3O. The largest absolute Gasteiger partial charge is 0.493 e. The molecule has 0 amide bonds. The zero-order chi connectivity index (χ0) is 11.6. The molecule has 4 nitrogen and oxygen atoms in total. The molecule has 0 spiro atoms.